The SMILES string of the molecule is CCCCCCCCCCCCCCCCC(=O)N[C@@H](CO)[C@H](O)[C@H](O)CCCCCCCCCCC(C)C. The minimum atomic E-state index is -1.13. The molecule has 0 aromatic rings. The van der Waals surface area contributed by atoms with Gasteiger partial charge in [-0.2, -0.15) is 0 Å². The van der Waals surface area contributed by atoms with E-state index in [0.29, 0.717) is 12.8 Å². The summed E-state index contributed by atoms with van der Waals surface area (Å²) in [5.74, 6) is 0.659. The molecule has 39 heavy (non-hydrogen) atoms. The van der Waals surface area contributed by atoms with Crippen LogP contribution in [0.4, 0.5) is 0 Å². The number of hydrogen-bond donors (Lipinski definition) is 4. The van der Waals surface area contributed by atoms with Crippen molar-refractivity contribution in [3.63, 3.8) is 0 Å². The van der Waals surface area contributed by atoms with Crippen molar-refractivity contribution >= 4 is 5.91 Å². The molecule has 0 aliphatic rings. The lowest BCUT2D eigenvalue weighted by Gasteiger charge is -2.26. The van der Waals surface area contributed by atoms with E-state index in [1.54, 1.807) is 0 Å². The first kappa shape index (κ1) is 38.4. The van der Waals surface area contributed by atoms with Crippen LogP contribution in [0.15, 0.2) is 0 Å². The van der Waals surface area contributed by atoms with Crippen LogP contribution in [-0.2, 0) is 4.79 Å². The van der Waals surface area contributed by atoms with Crippen LogP contribution in [0.3, 0.4) is 0 Å². The number of unbranched alkanes of at least 4 members (excludes halogenated alkanes) is 20. The molecule has 0 radical (unpaired) electrons. The molecule has 3 atom stereocenters. The lowest BCUT2D eigenvalue weighted by molar-refractivity contribution is -0.124. The Balaban J connectivity index is 3.70. The molecular formula is C34H69NO4. The summed E-state index contributed by atoms with van der Waals surface area (Å²) in [4.78, 5) is 12.3. The molecule has 0 aromatic carbocycles. The number of hydrogen-bond acceptors (Lipinski definition) is 4. The van der Waals surface area contributed by atoms with E-state index in [-0.39, 0.29) is 12.5 Å². The van der Waals surface area contributed by atoms with Gasteiger partial charge in [-0.05, 0) is 18.8 Å². The van der Waals surface area contributed by atoms with Crippen molar-refractivity contribution in [1.29, 1.82) is 0 Å². The van der Waals surface area contributed by atoms with Crippen molar-refractivity contribution in [2.45, 2.75) is 200 Å². The molecule has 234 valence electrons. The average Bonchev–Trinajstić information content (AvgIpc) is 2.92. The molecule has 0 aliphatic carbocycles. The highest BCUT2D eigenvalue weighted by molar-refractivity contribution is 5.76. The molecule has 0 fully saturated rings. The largest absolute Gasteiger partial charge is 0.394 e. The molecule has 0 heterocycles. The van der Waals surface area contributed by atoms with Crippen LogP contribution < -0.4 is 5.32 Å². The summed E-state index contributed by atoms with van der Waals surface area (Å²) in [5.41, 5.74) is 0. The van der Waals surface area contributed by atoms with Crippen molar-refractivity contribution in [3.05, 3.63) is 0 Å². The fraction of sp³-hybridized carbons (Fsp3) is 0.971. The van der Waals surface area contributed by atoms with E-state index in [0.717, 1.165) is 44.4 Å². The first-order chi connectivity index (χ1) is 18.9. The van der Waals surface area contributed by atoms with Crippen LogP contribution in [0, 0.1) is 5.92 Å². The highest BCUT2D eigenvalue weighted by Crippen LogP contribution is 2.16. The third-order valence-electron chi connectivity index (χ3n) is 8.14. The maximum absolute atomic E-state index is 12.3. The molecule has 0 bridgehead atoms. The molecule has 0 aromatic heterocycles. The van der Waals surface area contributed by atoms with Crippen molar-refractivity contribution in [1.82, 2.24) is 5.32 Å². The van der Waals surface area contributed by atoms with Gasteiger partial charge in [0, 0.05) is 6.42 Å². The van der Waals surface area contributed by atoms with Gasteiger partial charge in [0.25, 0.3) is 0 Å². The van der Waals surface area contributed by atoms with Gasteiger partial charge in [-0.25, -0.2) is 0 Å². The van der Waals surface area contributed by atoms with E-state index in [2.05, 4.69) is 26.1 Å². The molecule has 5 heteroatoms. The Hall–Kier alpha value is -0.650. The quantitative estimate of drug-likeness (QED) is 0.0668. The number of aliphatic hydroxyl groups is 3. The van der Waals surface area contributed by atoms with Crippen LogP contribution in [0.5, 0.6) is 0 Å². The molecule has 0 aliphatic heterocycles. The Morgan fingerprint density at radius 2 is 0.974 bits per heavy atom. The maximum atomic E-state index is 12.3. The van der Waals surface area contributed by atoms with Crippen molar-refractivity contribution in [2.75, 3.05) is 6.61 Å². The Morgan fingerprint density at radius 1 is 0.590 bits per heavy atom. The summed E-state index contributed by atoms with van der Waals surface area (Å²) in [6.45, 7) is 6.47. The number of carbonyl (C=O) groups excluding carboxylic acids is 1. The van der Waals surface area contributed by atoms with Gasteiger partial charge in [-0.3, -0.25) is 4.79 Å². The number of rotatable bonds is 30. The van der Waals surface area contributed by atoms with Crippen molar-refractivity contribution in [3.8, 4) is 0 Å². The second-order valence-electron chi connectivity index (χ2n) is 12.6. The zero-order chi connectivity index (χ0) is 29.0. The molecule has 0 spiro atoms. The van der Waals surface area contributed by atoms with Crippen molar-refractivity contribution in [2.24, 2.45) is 5.92 Å². The number of aliphatic hydroxyl groups excluding tert-OH is 3. The topological polar surface area (TPSA) is 89.8 Å². The highest BCUT2D eigenvalue weighted by Gasteiger charge is 2.26. The summed E-state index contributed by atoms with van der Waals surface area (Å²) >= 11 is 0. The monoisotopic (exact) mass is 556 g/mol. The summed E-state index contributed by atoms with van der Waals surface area (Å²) < 4.78 is 0. The zero-order valence-electron chi connectivity index (χ0n) is 26.4. The summed E-state index contributed by atoms with van der Waals surface area (Å²) in [6, 6.07) is -0.801. The molecule has 0 saturated carbocycles. The number of amides is 1. The van der Waals surface area contributed by atoms with Crippen LogP contribution >= 0.6 is 0 Å². The van der Waals surface area contributed by atoms with Crippen LogP contribution in [0.2, 0.25) is 0 Å². The van der Waals surface area contributed by atoms with E-state index in [1.807, 2.05) is 0 Å². The fourth-order valence-electron chi connectivity index (χ4n) is 5.40. The predicted molar refractivity (Wildman–Crippen MR) is 167 cm³/mol. The van der Waals surface area contributed by atoms with Crippen LogP contribution in [0.25, 0.3) is 0 Å². The van der Waals surface area contributed by atoms with Crippen LogP contribution in [-0.4, -0.2) is 46.1 Å². The molecule has 0 rings (SSSR count). The Labute approximate surface area is 243 Å². The zero-order valence-corrected chi connectivity index (χ0v) is 26.4. The molecule has 0 unspecified atom stereocenters. The van der Waals surface area contributed by atoms with Gasteiger partial charge in [0.15, 0.2) is 0 Å². The van der Waals surface area contributed by atoms with Gasteiger partial charge in [-0.15, -0.1) is 0 Å². The van der Waals surface area contributed by atoms with Gasteiger partial charge >= 0.3 is 0 Å². The number of carbonyl (C=O) groups is 1. The van der Waals surface area contributed by atoms with E-state index >= 15 is 0 Å². The molecule has 5 nitrogen and oxygen atoms in total. The van der Waals surface area contributed by atoms with Gasteiger partial charge in [0.1, 0.15) is 6.10 Å². The normalized spacial score (nSPS) is 14.0. The van der Waals surface area contributed by atoms with E-state index in [9.17, 15) is 20.1 Å². The lowest BCUT2D eigenvalue weighted by Crippen LogP contribution is -2.50. The third kappa shape index (κ3) is 26.0. The summed E-state index contributed by atoms with van der Waals surface area (Å²) in [5, 5.41) is 33.2. The standard InChI is InChI=1S/C34H69NO4/c1-4-5-6-7-8-9-10-11-12-13-14-19-22-25-28-33(38)35-31(29-36)34(39)32(37)27-24-21-18-16-15-17-20-23-26-30(2)3/h30-32,34,36-37,39H,4-29H2,1-3H3,(H,35,38)/t31-,32+,34-/m0/s1. The second kappa shape index (κ2) is 28.9. The number of nitrogens with one attached hydrogen (secondary N) is 1. The maximum Gasteiger partial charge on any atom is 0.220 e. The second-order valence-corrected chi connectivity index (χ2v) is 12.6. The first-order valence-corrected chi connectivity index (χ1v) is 17.2. The van der Waals surface area contributed by atoms with Gasteiger partial charge in [0.05, 0.1) is 18.8 Å². The highest BCUT2D eigenvalue weighted by atomic mass is 16.3. The van der Waals surface area contributed by atoms with Crippen molar-refractivity contribution < 1.29 is 20.1 Å². The third-order valence-corrected chi connectivity index (χ3v) is 8.14. The Kier molecular flexibility index (Phi) is 28.4. The molecule has 0 saturated heterocycles. The molecule has 4 N–H and O–H groups in total. The minimum absolute atomic E-state index is 0.146. The molecular weight excluding hydrogens is 486 g/mol. The Bertz CT molecular complexity index is 513. The van der Waals surface area contributed by atoms with Gasteiger partial charge < -0.3 is 20.6 Å². The van der Waals surface area contributed by atoms with E-state index in [1.165, 1.54) is 109 Å². The van der Waals surface area contributed by atoms with Crippen LogP contribution in [0.1, 0.15) is 181 Å². The molecule has 1 amide bonds. The lowest BCUT2D eigenvalue weighted by atomic mass is 9.99. The summed E-state index contributed by atoms with van der Waals surface area (Å²) in [7, 11) is 0. The predicted octanol–water partition coefficient (Wildman–Crippen LogP) is 8.61. The van der Waals surface area contributed by atoms with Gasteiger partial charge in [0.2, 0.25) is 5.91 Å². The minimum Gasteiger partial charge on any atom is -0.394 e. The average molecular weight is 556 g/mol. The Morgan fingerprint density at radius 3 is 1.38 bits per heavy atom. The van der Waals surface area contributed by atoms with E-state index in [4.69, 9.17) is 0 Å². The van der Waals surface area contributed by atoms with Gasteiger partial charge in [-0.1, -0.05) is 162 Å². The fourth-order valence-corrected chi connectivity index (χ4v) is 5.40. The summed E-state index contributed by atoms with van der Waals surface area (Å²) in [6.07, 6.45) is 27.6. The van der Waals surface area contributed by atoms with E-state index < -0.39 is 18.2 Å². The first-order valence-electron chi connectivity index (χ1n) is 17.2. The smallest absolute Gasteiger partial charge is 0.220 e.